The molecule has 2 aliphatic rings. The summed E-state index contributed by atoms with van der Waals surface area (Å²) in [5, 5.41) is 10.7. The highest BCUT2D eigenvalue weighted by Crippen LogP contribution is 2.52. The van der Waals surface area contributed by atoms with Gasteiger partial charge in [-0.05, 0) is 13.3 Å². The third kappa shape index (κ3) is 4.10. The number of ether oxygens (including phenoxy) is 1. The third-order valence-corrected chi connectivity index (χ3v) is 6.53. The molecule has 2 aromatic rings. The molecule has 0 aromatic carbocycles. The fourth-order valence-electron chi connectivity index (χ4n) is 3.97. The number of phosphoric acid groups is 1. The molecule has 0 aliphatic carbocycles. The van der Waals surface area contributed by atoms with Crippen LogP contribution in [-0.4, -0.2) is 67.5 Å². The van der Waals surface area contributed by atoms with Gasteiger partial charge in [0.15, 0.2) is 23.2 Å². The fraction of sp³-hybridized carbons (Fsp3) is 0.722. The molecule has 2 N–H and O–H groups in total. The Labute approximate surface area is 174 Å². The van der Waals surface area contributed by atoms with Gasteiger partial charge in [-0.3, -0.25) is 13.6 Å². The van der Waals surface area contributed by atoms with E-state index in [2.05, 4.69) is 33.7 Å². The van der Waals surface area contributed by atoms with Crippen LogP contribution >= 0.6 is 7.82 Å². The SMILES string of the molecule is CCCCCCN(CC)c1ncnc2c1ncn2[C@@H]1O[C@@H]2COP(=O)(O)O[C@H]2[C@H]1O. The Morgan fingerprint density at radius 1 is 1.27 bits per heavy atom. The predicted molar refractivity (Wildman–Crippen MR) is 108 cm³/mol. The number of aliphatic hydroxyl groups excluding tert-OH is 1. The van der Waals surface area contributed by atoms with E-state index in [1.165, 1.54) is 19.2 Å². The average molecular weight is 441 g/mol. The van der Waals surface area contributed by atoms with Crippen molar-refractivity contribution in [3.05, 3.63) is 12.7 Å². The van der Waals surface area contributed by atoms with Gasteiger partial charge in [-0.2, -0.15) is 0 Å². The van der Waals surface area contributed by atoms with Crippen LogP contribution < -0.4 is 4.90 Å². The topological polar surface area (TPSA) is 132 Å². The Morgan fingerprint density at radius 2 is 2.10 bits per heavy atom. The van der Waals surface area contributed by atoms with Gasteiger partial charge in [-0.15, -0.1) is 0 Å². The molecule has 0 bridgehead atoms. The normalized spacial score (nSPS) is 31.2. The summed E-state index contributed by atoms with van der Waals surface area (Å²) < 4.78 is 29.0. The summed E-state index contributed by atoms with van der Waals surface area (Å²) in [6.07, 6.45) is 3.96. The highest BCUT2D eigenvalue weighted by Gasteiger charge is 2.52. The molecule has 30 heavy (non-hydrogen) atoms. The minimum absolute atomic E-state index is 0.139. The number of unbranched alkanes of at least 4 members (excludes halogenated alkanes) is 3. The second kappa shape index (κ2) is 8.86. The van der Waals surface area contributed by atoms with Gasteiger partial charge in [0.1, 0.15) is 24.6 Å². The van der Waals surface area contributed by atoms with Gasteiger partial charge < -0.3 is 19.6 Å². The van der Waals surface area contributed by atoms with Crippen LogP contribution in [0.15, 0.2) is 12.7 Å². The van der Waals surface area contributed by atoms with Crippen molar-refractivity contribution < 1.29 is 28.3 Å². The number of phosphoric ester groups is 1. The summed E-state index contributed by atoms with van der Waals surface area (Å²) in [6.45, 7) is 5.78. The number of rotatable bonds is 8. The lowest BCUT2D eigenvalue weighted by Crippen LogP contribution is -2.39. The van der Waals surface area contributed by atoms with E-state index >= 15 is 0 Å². The molecular weight excluding hydrogens is 413 g/mol. The Kier molecular flexibility index (Phi) is 6.38. The largest absolute Gasteiger partial charge is 0.472 e. The zero-order chi connectivity index (χ0) is 21.3. The number of hydrogen-bond acceptors (Lipinski definition) is 9. The fourth-order valence-corrected chi connectivity index (χ4v) is 4.93. The van der Waals surface area contributed by atoms with E-state index in [1.807, 2.05) is 0 Å². The minimum atomic E-state index is -4.18. The number of anilines is 1. The Bertz CT molecular complexity index is 926. The van der Waals surface area contributed by atoms with Gasteiger partial charge in [0, 0.05) is 13.1 Å². The minimum Gasteiger partial charge on any atom is -0.386 e. The molecule has 4 heterocycles. The van der Waals surface area contributed by atoms with Crippen LogP contribution in [0.1, 0.15) is 45.8 Å². The van der Waals surface area contributed by atoms with Crippen molar-refractivity contribution in [2.45, 2.75) is 64.1 Å². The maximum Gasteiger partial charge on any atom is 0.472 e. The molecule has 2 saturated heterocycles. The van der Waals surface area contributed by atoms with Crippen LogP contribution in [0.25, 0.3) is 11.2 Å². The summed E-state index contributed by atoms with van der Waals surface area (Å²) in [5.41, 5.74) is 1.13. The van der Waals surface area contributed by atoms with E-state index in [9.17, 15) is 14.6 Å². The smallest absolute Gasteiger partial charge is 0.386 e. The van der Waals surface area contributed by atoms with Crippen molar-refractivity contribution in [2.75, 3.05) is 24.6 Å². The average Bonchev–Trinajstić information content (AvgIpc) is 3.29. The van der Waals surface area contributed by atoms with Gasteiger partial charge in [-0.25, -0.2) is 19.5 Å². The second-order valence-corrected chi connectivity index (χ2v) is 8.96. The van der Waals surface area contributed by atoms with Crippen molar-refractivity contribution in [1.82, 2.24) is 19.5 Å². The third-order valence-electron chi connectivity index (χ3n) is 5.54. The Morgan fingerprint density at radius 3 is 2.87 bits per heavy atom. The molecule has 2 fully saturated rings. The van der Waals surface area contributed by atoms with Crippen molar-refractivity contribution in [2.24, 2.45) is 0 Å². The van der Waals surface area contributed by atoms with E-state index in [1.54, 1.807) is 10.9 Å². The number of imidazole rings is 1. The van der Waals surface area contributed by atoms with E-state index in [-0.39, 0.29) is 6.61 Å². The van der Waals surface area contributed by atoms with Gasteiger partial charge >= 0.3 is 7.82 Å². The molecule has 0 saturated carbocycles. The molecule has 0 spiro atoms. The maximum absolute atomic E-state index is 11.7. The molecule has 0 amide bonds. The molecule has 4 rings (SSSR count). The first-order chi connectivity index (χ1) is 14.4. The first kappa shape index (κ1) is 21.6. The van der Waals surface area contributed by atoms with Crippen LogP contribution in [-0.2, 0) is 18.3 Å². The summed E-state index contributed by atoms with van der Waals surface area (Å²) in [7, 11) is -4.18. The van der Waals surface area contributed by atoms with E-state index in [0.29, 0.717) is 11.2 Å². The standard InChI is InChI=1S/C18H28N5O6P/c1-3-5-6-7-8-22(4-2)16-13-17(20-10-19-16)23(11-21-13)18-14(24)15-12(28-18)9-27-30(25,26)29-15/h10-12,14-15,18,24H,3-9H2,1-2H3,(H,25,26)/t12-,14-,15-,18-/m1/s1. The van der Waals surface area contributed by atoms with Gasteiger partial charge in [0.25, 0.3) is 0 Å². The van der Waals surface area contributed by atoms with Crippen LogP contribution in [0.4, 0.5) is 5.82 Å². The number of hydrogen-bond donors (Lipinski definition) is 2. The van der Waals surface area contributed by atoms with E-state index in [4.69, 9.17) is 13.8 Å². The van der Waals surface area contributed by atoms with Gasteiger partial charge in [0.05, 0.1) is 12.9 Å². The zero-order valence-electron chi connectivity index (χ0n) is 17.1. The first-order valence-electron chi connectivity index (χ1n) is 10.4. The zero-order valence-corrected chi connectivity index (χ0v) is 18.0. The van der Waals surface area contributed by atoms with Gasteiger partial charge in [0.2, 0.25) is 0 Å². The van der Waals surface area contributed by atoms with Crippen LogP contribution in [0.2, 0.25) is 0 Å². The Hall–Kier alpha value is -1.62. The second-order valence-electron chi connectivity index (χ2n) is 7.55. The summed E-state index contributed by atoms with van der Waals surface area (Å²) in [6, 6.07) is 0. The van der Waals surface area contributed by atoms with Crippen molar-refractivity contribution in [1.29, 1.82) is 0 Å². The molecule has 11 nitrogen and oxygen atoms in total. The highest BCUT2D eigenvalue weighted by molar-refractivity contribution is 7.47. The number of nitrogens with zero attached hydrogens (tertiary/aromatic N) is 5. The first-order valence-corrected chi connectivity index (χ1v) is 11.9. The lowest BCUT2D eigenvalue weighted by Gasteiger charge is -2.27. The molecule has 2 aliphatic heterocycles. The number of aromatic nitrogens is 4. The quantitative estimate of drug-likeness (QED) is 0.463. The van der Waals surface area contributed by atoms with Crippen molar-refractivity contribution >= 4 is 24.8 Å². The van der Waals surface area contributed by atoms with Crippen LogP contribution in [0.5, 0.6) is 0 Å². The molecule has 0 radical (unpaired) electrons. The lowest BCUT2D eigenvalue weighted by molar-refractivity contribution is -0.0664. The van der Waals surface area contributed by atoms with E-state index in [0.717, 1.165) is 31.7 Å². The van der Waals surface area contributed by atoms with Crippen LogP contribution in [0, 0.1) is 0 Å². The predicted octanol–water partition coefficient (Wildman–Crippen LogP) is 2.01. The summed E-state index contributed by atoms with van der Waals surface area (Å²) in [5.74, 6) is 0.738. The molecule has 5 atom stereocenters. The number of aliphatic hydroxyl groups is 1. The summed E-state index contributed by atoms with van der Waals surface area (Å²) in [4.78, 5) is 25.0. The summed E-state index contributed by atoms with van der Waals surface area (Å²) >= 11 is 0. The monoisotopic (exact) mass is 441 g/mol. The maximum atomic E-state index is 11.7. The highest BCUT2D eigenvalue weighted by atomic mass is 31.2. The molecule has 2 aromatic heterocycles. The molecular formula is C18H28N5O6P. The Balaban J connectivity index is 1.58. The van der Waals surface area contributed by atoms with Crippen molar-refractivity contribution in [3.63, 3.8) is 0 Å². The molecule has 1 unspecified atom stereocenters. The van der Waals surface area contributed by atoms with Gasteiger partial charge in [-0.1, -0.05) is 26.2 Å². The lowest BCUT2D eigenvalue weighted by atomic mass is 10.1. The van der Waals surface area contributed by atoms with Crippen LogP contribution in [0.3, 0.4) is 0 Å². The van der Waals surface area contributed by atoms with Crippen molar-refractivity contribution in [3.8, 4) is 0 Å². The molecule has 12 heteroatoms. The molecule has 166 valence electrons. The number of fused-ring (bicyclic) bond motifs is 2. The van der Waals surface area contributed by atoms with E-state index < -0.39 is 32.4 Å².